The molecule has 200 valence electrons. The number of piperidine rings is 1. The van der Waals surface area contributed by atoms with E-state index < -0.39 is 10.0 Å². The van der Waals surface area contributed by atoms with Crippen molar-refractivity contribution in [3.05, 3.63) is 40.0 Å². The van der Waals surface area contributed by atoms with Crippen LogP contribution in [0.25, 0.3) is 0 Å². The van der Waals surface area contributed by atoms with Gasteiger partial charge in [-0.2, -0.15) is 4.98 Å². The second kappa shape index (κ2) is 11.7. The number of carbonyl (C=O) groups excluding carboxylic acids is 1. The van der Waals surface area contributed by atoms with E-state index in [1.807, 2.05) is 18.2 Å². The number of fused-ring (bicyclic) bond motifs is 1. The number of halogens is 2. The van der Waals surface area contributed by atoms with Gasteiger partial charge in [0, 0.05) is 35.8 Å². The van der Waals surface area contributed by atoms with Crippen molar-refractivity contribution in [3.63, 3.8) is 0 Å². The van der Waals surface area contributed by atoms with Crippen LogP contribution in [0, 0.1) is 0 Å². The standard InChI is InChI=1S/C25H32BrIN6O3S/c26-20-15-29-25(32-23(20)31-21-7-3-4-16-14-28-24(34)22(16)21)30-18-10-12-33(13-11-18)37(35,36)19-6-2-1-5-17(27)8-9-19/h3-4,7,15,17-19H,1-2,5-6,8-14H2,(H,28,34)(H2,29,30,31,32)/t17-,19?/m1/s1. The molecule has 1 saturated heterocycles. The van der Waals surface area contributed by atoms with Gasteiger partial charge in [-0.15, -0.1) is 0 Å². The Kier molecular flexibility index (Phi) is 8.56. The Balaban J connectivity index is 1.21. The lowest BCUT2D eigenvalue weighted by Crippen LogP contribution is -2.46. The number of sulfonamides is 1. The van der Waals surface area contributed by atoms with Gasteiger partial charge in [-0.1, -0.05) is 47.6 Å². The molecule has 1 aromatic carbocycles. The minimum Gasteiger partial charge on any atom is -0.351 e. The number of benzene rings is 1. The lowest BCUT2D eigenvalue weighted by atomic mass is 10.0. The minimum absolute atomic E-state index is 0.0864. The SMILES string of the molecule is O=C1NCc2cccc(Nc3nc(NC4CCN(S(=O)(=O)C5CCCC[C@@H](I)CC5)CC4)ncc3Br)c21. The van der Waals surface area contributed by atoms with E-state index in [-0.39, 0.29) is 17.2 Å². The molecule has 1 unspecified atom stereocenters. The summed E-state index contributed by atoms with van der Waals surface area (Å²) in [5.41, 5.74) is 2.28. The van der Waals surface area contributed by atoms with Gasteiger partial charge in [-0.05, 0) is 66.1 Å². The third-order valence-corrected chi connectivity index (χ3v) is 11.7. The van der Waals surface area contributed by atoms with E-state index >= 15 is 0 Å². The summed E-state index contributed by atoms with van der Waals surface area (Å²) < 4.78 is 29.7. The number of amides is 1. The van der Waals surface area contributed by atoms with E-state index in [2.05, 4.69) is 64.4 Å². The molecule has 3 heterocycles. The van der Waals surface area contributed by atoms with Crippen molar-refractivity contribution in [1.82, 2.24) is 19.6 Å². The highest BCUT2D eigenvalue weighted by Crippen LogP contribution is 2.32. The van der Waals surface area contributed by atoms with Gasteiger partial charge < -0.3 is 16.0 Å². The number of nitrogens with zero attached hydrogens (tertiary/aromatic N) is 3. The van der Waals surface area contributed by atoms with Crippen molar-refractivity contribution in [3.8, 4) is 0 Å². The molecule has 5 rings (SSSR count). The Morgan fingerprint density at radius 1 is 1.08 bits per heavy atom. The third kappa shape index (κ3) is 6.22. The van der Waals surface area contributed by atoms with Crippen molar-refractivity contribution < 1.29 is 13.2 Å². The average molecular weight is 703 g/mol. The summed E-state index contributed by atoms with van der Waals surface area (Å²) in [6.07, 6.45) is 8.92. The van der Waals surface area contributed by atoms with E-state index in [9.17, 15) is 13.2 Å². The first-order valence-electron chi connectivity index (χ1n) is 12.9. The van der Waals surface area contributed by atoms with Crippen molar-refractivity contribution in [1.29, 1.82) is 0 Å². The molecule has 12 heteroatoms. The maximum atomic E-state index is 13.4. The molecule has 1 aliphatic carbocycles. The largest absolute Gasteiger partial charge is 0.351 e. The maximum Gasteiger partial charge on any atom is 0.254 e. The monoisotopic (exact) mass is 702 g/mol. The topological polar surface area (TPSA) is 116 Å². The summed E-state index contributed by atoms with van der Waals surface area (Å²) >= 11 is 5.97. The van der Waals surface area contributed by atoms with Crippen LogP contribution >= 0.6 is 38.5 Å². The number of alkyl halides is 1. The number of rotatable bonds is 6. The zero-order valence-electron chi connectivity index (χ0n) is 20.6. The molecule has 37 heavy (non-hydrogen) atoms. The van der Waals surface area contributed by atoms with Gasteiger partial charge in [0.25, 0.3) is 5.91 Å². The molecule has 1 aromatic heterocycles. The quantitative estimate of drug-likeness (QED) is 0.288. The van der Waals surface area contributed by atoms with Crippen molar-refractivity contribution in [2.75, 3.05) is 23.7 Å². The molecule has 0 bridgehead atoms. The molecule has 1 saturated carbocycles. The molecule has 2 atom stereocenters. The minimum atomic E-state index is -3.28. The number of aromatic nitrogens is 2. The fraction of sp³-hybridized carbons (Fsp3) is 0.560. The van der Waals surface area contributed by atoms with Gasteiger partial charge in [0.1, 0.15) is 5.82 Å². The summed E-state index contributed by atoms with van der Waals surface area (Å²) in [7, 11) is -3.28. The highest BCUT2D eigenvalue weighted by molar-refractivity contribution is 14.1. The summed E-state index contributed by atoms with van der Waals surface area (Å²) in [6, 6.07) is 5.79. The summed E-state index contributed by atoms with van der Waals surface area (Å²) in [6.45, 7) is 1.55. The van der Waals surface area contributed by atoms with Crippen LogP contribution in [0.1, 0.15) is 67.3 Å². The average Bonchev–Trinajstić information content (AvgIpc) is 3.25. The fourth-order valence-electron chi connectivity index (χ4n) is 5.37. The number of carbonyl (C=O) groups is 1. The molecular weight excluding hydrogens is 671 g/mol. The normalized spacial score (nSPS) is 23.6. The zero-order valence-corrected chi connectivity index (χ0v) is 25.1. The molecule has 2 fully saturated rings. The first-order chi connectivity index (χ1) is 17.8. The van der Waals surface area contributed by atoms with E-state index in [0.717, 1.165) is 37.7 Å². The van der Waals surface area contributed by atoms with Gasteiger partial charge in [0.15, 0.2) is 0 Å². The molecule has 2 aliphatic heterocycles. The zero-order chi connectivity index (χ0) is 26.0. The Hall–Kier alpha value is -1.51. The second-order valence-electron chi connectivity index (χ2n) is 9.98. The molecule has 3 aliphatic rings. The van der Waals surface area contributed by atoms with Crippen LogP contribution in [0.3, 0.4) is 0 Å². The van der Waals surface area contributed by atoms with E-state index in [1.54, 1.807) is 10.5 Å². The Morgan fingerprint density at radius 3 is 2.68 bits per heavy atom. The first-order valence-corrected chi connectivity index (χ1v) is 16.4. The molecule has 3 N–H and O–H groups in total. The predicted molar refractivity (Wildman–Crippen MR) is 157 cm³/mol. The highest BCUT2D eigenvalue weighted by Gasteiger charge is 2.35. The highest BCUT2D eigenvalue weighted by atomic mass is 127. The predicted octanol–water partition coefficient (Wildman–Crippen LogP) is 4.96. The van der Waals surface area contributed by atoms with Crippen LogP contribution in [0.4, 0.5) is 17.5 Å². The van der Waals surface area contributed by atoms with E-state index in [1.165, 1.54) is 6.42 Å². The smallest absolute Gasteiger partial charge is 0.254 e. The van der Waals surface area contributed by atoms with Crippen LogP contribution in [-0.4, -0.2) is 56.9 Å². The first kappa shape index (κ1) is 27.1. The number of anilines is 3. The van der Waals surface area contributed by atoms with Gasteiger partial charge in [0.2, 0.25) is 16.0 Å². The molecule has 1 amide bonds. The Bertz CT molecular complexity index is 1250. The summed E-state index contributed by atoms with van der Waals surface area (Å²) in [4.78, 5) is 21.3. The van der Waals surface area contributed by atoms with E-state index in [0.29, 0.717) is 63.9 Å². The van der Waals surface area contributed by atoms with Crippen molar-refractivity contribution >= 4 is 71.9 Å². The lowest BCUT2D eigenvalue weighted by molar-refractivity contribution is 0.0966. The molecule has 9 nitrogen and oxygen atoms in total. The molecule has 2 aromatic rings. The van der Waals surface area contributed by atoms with Crippen LogP contribution < -0.4 is 16.0 Å². The van der Waals surface area contributed by atoms with Crippen LogP contribution in [-0.2, 0) is 16.6 Å². The fourth-order valence-corrected chi connectivity index (χ4v) is 8.50. The van der Waals surface area contributed by atoms with Crippen molar-refractivity contribution in [2.24, 2.45) is 0 Å². The second-order valence-corrected chi connectivity index (χ2v) is 14.8. The van der Waals surface area contributed by atoms with Crippen LogP contribution in [0.15, 0.2) is 28.9 Å². The number of hydrogen-bond acceptors (Lipinski definition) is 7. The molecule has 0 spiro atoms. The van der Waals surface area contributed by atoms with Gasteiger partial charge in [-0.3, -0.25) is 4.79 Å². The molecule has 0 radical (unpaired) electrons. The van der Waals surface area contributed by atoms with Crippen LogP contribution in [0.2, 0.25) is 0 Å². The summed E-state index contributed by atoms with van der Waals surface area (Å²) in [5.74, 6) is 0.928. The molecular formula is C25H32BrIN6O3S. The van der Waals surface area contributed by atoms with Gasteiger partial charge >= 0.3 is 0 Å². The number of nitrogens with one attached hydrogen (secondary N) is 3. The van der Waals surface area contributed by atoms with Gasteiger partial charge in [-0.25, -0.2) is 17.7 Å². The number of hydrogen-bond donors (Lipinski definition) is 3. The third-order valence-electron chi connectivity index (χ3n) is 7.48. The van der Waals surface area contributed by atoms with E-state index in [4.69, 9.17) is 0 Å². The Morgan fingerprint density at radius 2 is 1.86 bits per heavy atom. The maximum absolute atomic E-state index is 13.4. The lowest BCUT2D eigenvalue weighted by Gasteiger charge is -2.34. The van der Waals surface area contributed by atoms with Crippen LogP contribution in [0.5, 0.6) is 0 Å². The van der Waals surface area contributed by atoms with Gasteiger partial charge in [0.05, 0.1) is 21.0 Å². The summed E-state index contributed by atoms with van der Waals surface area (Å²) in [5, 5.41) is 9.26. The Labute approximate surface area is 240 Å². The van der Waals surface area contributed by atoms with Crippen molar-refractivity contribution in [2.45, 2.75) is 73.1 Å².